The van der Waals surface area contributed by atoms with E-state index in [0.29, 0.717) is 0 Å². The van der Waals surface area contributed by atoms with Crippen LogP contribution in [0.3, 0.4) is 0 Å². The summed E-state index contributed by atoms with van der Waals surface area (Å²) in [6, 6.07) is 1.58. The maximum Gasteiger partial charge on any atom is 0.0201 e. The summed E-state index contributed by atoms with van der Waals surface area (Å²) in [6.07, 6.45) is 6.98. The SMILES string of the molecule is CCSC1CCCC1NC1CCN(CC(C)C)CC1. The van der Waals surface area contributed by atoms with Crippen molar-refractivity contribution in [3.8, 4) is 0 Å². The molecule has 1 N–H and O–H groups in total. The molecule has 0 radical (unpaired) electrons. The summed E-state index contributed by atoms with van der Waals surface area (Å²) >= 11 is 2.17. The minimum Gasteiger partial charge on any atom is -0.310 e. The molecule has 1 aliphatic heterocycles. The van der Waals surface area contributed by atoms with Gasteiger partial charge in [0, 0.05) is 23.9 Å². The Morgan fingerprint density at radius 3 is 2.53 bits per heavy atom. The molecule has 0 aromatic rings. The molecule has 2 aliphatic rings. The molecule has 0 spiro atoms. The molecule has 2 fully saturated rings. The molecule has 19 heavy (non-hydrogen) atoms. The van der Waals surface area contributed by atoms with Crippen molar-refractivity contribution < 1.29 is 0 Å². The minimum atomic E-state index is 0.784. The van der Waals surface area contributed by atoms with E-state index < -0.39 is 0 Å². The fourth-order valence-electron chi connectivity index (χ4n) is 3.63. The third-order valence-electron chi connectivity index (χ3n) is 4.49. The molecule has 3 heteroatoms. The highest BCUT2D eigenvalue weighted by molar-refractivity contribution is 7.99. The fourth-order valence-corrected chi connectivity index (χ4v) is 4.84. The standard InChI is InChI=1S/C16H32N2S/c1-4-19-16-7-5-6-15(16)17-14-8-10-18(11-9-14)12-13(2)3/h13-17H,4-12H2,1-3H3. The highest BCUT2D eigenvalue weighted by Crippen LogP contribution is 2.30. The lowest BCUT2D eigenvalue weighted by molar-refractivity contribution is 0.175. The number of hydrogen-bond acceptors (Lipinski definition) is 3. The van der Waals surface area contributed by atoms with Gasteiger partial charge in [-0.05, 0) is 50.4 Å². The molecule has 1 saturated carbocycles. The summed E-state index contributed by atoms with van der Waals surface area (Å²) in [5.74, 6) is 2.08. The van der Waals surface area contributed by atoms with Crippen LogP contribution in [0.15, 0.2) is 0 Å². The third-order valence-corrected chi connectivity index (χ3v) is 5.82. The van der Waals surface area contributed by atoms with Gasteiger partial charge >= 0.3 is 0 Å². The summed E-state index contributed by atoms with van der Waals surface area (Å²) in [4.78, 5) is 2.65. The molecule has 0 aromatic heterocycles. The van der Waals surface area contributed by atoms with E-state index in [1.54, 1.807) is 0 Å². The van der Waals surface area contributed by atoms with Crippen molar-refractivity contribution in [3.05, 3.63) is 0 Å². The van der Waals surface area contributed by atoms with E-state index in [0.717, 1.165) is 23.3 Å². The highest BCUT2D eigenvalue weighted by atomic mass is 32.2. The Morgan fingerprint density at radius 1 is 1.16 bits per heavy atom. The van der Waals surface area contributed by atoms with Crippen LogP contribution in [0.2, 0.25) is 0 Å². The van der Waals surface area contributed by atoms with Gasteiger partial charge in [0.2, 0.25) is 0 Å². The molecular formula is C16H32N2S. The average Bonchev–Trinajstić information content (AvgIpc) is 2.79. The normalized spacial score (nSPS) is 30.3. The van der Waals surface area contributed by atoms with Crippen LogP contribution in [-0.2, 0) is 0 Å². The first-order chi connectivity index (χ1) is 9.19. The Balaban J connectivity index is 1.70. The van der Waals surface area contributed by atoms with E-state index in [-0.39, 0.29) is 0 Å². The first-order valence-corrected chi connectivity index (χ1v) is 9.34. The van der Waals surface area contributed by atoms with Gasteiger partial charge in [-0.3, -0.25) is 0 Å². The van der Waals surface area contributed by atoms with Gasteiger partial charge in [-0.1, -0.05) is 27.2 Å². The zero-order chi connectivity index (χ0) is 13.7. The second kappa shape index (κ2) is 7.90. The Labute approximate surface area is 124 Å². The lowest BCUT2D eigenvalue weighted by Gasteiger charge is -2.35. The summed E-state index contributed by atoms with van der Waals surface area (Å²) in [6.45, 7) is 10.8. The zero-order valence-corrected chi connectivity index (χ0v) is 13.8. The number of nitrogens with zero attached hydrogens (tertiary/aromatic N) is 1. The van der Waals surface area contributed by atoms with Gasteiger partial charge in [0.15, 0.2) is 0 Å². The maximum absolute atomic E-state index is 3.98. The third kappa shape index (κ3) is 4.95. The van der Waals surface area contributed by atoms with E-state index in [2.05, 4.69) is 42.7 Å². The van der Waals surface area contributed by atoms with E-state index in [1.807, 2.05) is 0 Å². The predicted molar refractivity (Wildman–Crippen MR) is 87.0 cm³/mol. The topological polar surface area (TPSA) is 15.3 Å². The molecule has 2 rings (SSSR count). The van der Waals surface area contributed by atoms with Crippen LogP contribution >= 0.6 is 11.8 Å². The predicted octanol–water partition coefficient (Wildman–Crippen LogP) is 3.37. The monoisotopic (exact) mass is 284 g/mol. The molecule has 2 unspecified atom stereocenters. The molecule has 1 aliphatic carbocycles. The summed E-state index contributed by atoms with van der Waals surface area (Å²) < 4.78 is 0. The molecule has 1 saturated heterocycles. The molecule has 1 heterocycles. The van der Waals surface area contributed by atoms with Crippen molar-refractivity contribution in [3.63, 3.8) is 0 Å². The van der Waals surface area contributed by atoms with Gasteiger partial charge in [0.05, 0.1) is 0 Å². The smallest absolute Gasteiger partial charge is 0.0201 e. The van der Waals surface area contributed by atoms with Crippen molar-refractivity contribution in [1.82, 2.24) is 10.2 Å². The second-order valence-corrected chi connectivity index (χ2v) is 8.18. The van der Waals surface area contributed by atoms with Crippen molar-refractivity contribution >= 4 is 11.8 Å². The molecule has 0 bridgehead atoms. The van der Waals surface area contributed by atoms with Gasteiger partial charge in [-0.15, -0.1) is 0 Å². The number of rotatable bonds is 6. The van der Waals surface area contributed by atoms with E-state index in [1.165, 1.54) is 57.5 Å². The number of likely N-dealkylation sites (tertiary alicyclic amines) is 1. The average molecular weight is 285 g/mol. The lowest BCUT2D eigenvalue weighted by Crippen LogP contribution is -2.48. The molecule has 2 nitrogen and oxygen atoms in total. The van der Waals surface area contributed by atoms with Crippen LogP contribution in [-0.4, -0.2) is 47.6 Å². The maximum atomic E-state index is 3.98. The van der Waals surface area contributed by atoms with Crippen LogP contribution in [0.5, 0.6) is 0 Å². The number of piperidine rings is 1. The van der Waals surface area contributed by atoms with Gasteiger partial charge < -0.3 is 10.2 Å². The van der Waals surface area contributed by atoms with E-state index in [9.17, 15) is 0 Å². The Hall–Kier alpha value is 0.270. The summed E-state index contributed by atoms with van der Waals surface area (Å²) in [7, 11) is 0. The Morgan fingerprint density at radius 2 is 1.89 bits per heavy atom. The van der Waals surface area contributed by atoms with Crippen LogP contribution in [0.4, 0.5) is 0 Å². The van der Waals surface area contributed by atoms with E-state index >= 15 is 0 Å². The summed E-state index contributed by atoms with van der Waals surface area (Å²) in [5.41, 5.74) is 0. The van der Waals surface area contributed by atoms with Crippen molar-refractivity contribution in [1.29, 1.82) is 0 Å². The summed E-state index contributed by atoms with van der Waals surface area (Å²) in [5, 5.41) is 4.87. The molecule has 0 aromatic carbocycles. The molecule has 112 valence electrons. The number of thioether (sulfide) groups is 1. The first kappa shape index (κ1) is 15.7. The van der Waals surface area contributed by atoms with Gasteiger partial charge in [0.1, 0.15) is 0 Å². The molecular weight excluding hydrogens is 252 g/mol. The van der Waals surface area contributed by atoms with Gasteiger partial charge in [-0.2, -0.15) is 11.8 Å². The van der Waals surface area contributed by atoms with Crippen LogP contribution in [0.25, 0.3) is 0 Å². The Kier molecular flexibility index (Phi) is 6.51. The van der Waals surface area contributed by atoms with Crippen molar-refractivity contribution in [2.75, 3.05) is 25.4 Å². The zero-order valence-electron chi connectivity index (χ0n) is 13.0. The highest BCUT2D eigenvalue weighted by Gasteiger charge is 2.30. The quantitative estimate of drug-likeness (QED) is 0.805. The Bertz CT molecular complexity index is 249. The second-order valence-electron chi connectivity index (χ2n) is 6.67. The molecule has 2 atom stereocenters. The van der Waals surface area contributed by atoms with Gasteiger partial charge in [0.25, 0.3) is 0 Å². The minimum absolute atomic E-state index is 0.784. The van der Waals surface area contributed by atoms with Crippen LogP contribution in [0, 0.1) is 5.92 Å². The van der Waals surface area contributed by atoms with Gasteiger partial charge in [-0.25, -0.2) is 0 Å². The molecule has 0 amide bonds. The fraction of sp³-hybridized carbons (Fsp3) is 1.00. The number of hydrogen-bond donors (Lipinski definition) is 1. The largest absolute Gasteiger partial charge is 0.310 e. The van der Waals surface area contributed by atoms with E-state index in [4.69, 9.17) is 0 Å². The van der Waals surface area contributed by atoms with Crippen LogP contribution in [0.1, 0.15) is 52.9 Å². The number of nitrogens with one attached hydrogen (secondary N) is 1. The lowest BCUT2D eigenvalue weighted by atomic mass is 10.0. The van der Waals surface area contributed by atoms with Crippen molar-refractivity contribution in [2.24, 2.45) is 5.92 Å². The first-order valence-electron chi connectivity index (χ1n) is 8.29. The van der Waals surface area contributed by atoms with Crippen molar-refractivity contribution in [2.45, 2.75) is 70.2 Å². The van der Waals surface area contributed by atoms with Crippen LogP contribution < -0.4 is 5.32 Å².